The Morgan fingerprint density at radius 3 is 2.78 bits per heavy atom. The van der Waals surface area contributed by atoms with Gasteiger partial charge in [0.2, 0.25) is 0 Å². The number of phenolic OH excluding ortho intramolecular Hbond substituents is 1. The Hall–Kier alpha value is -2.20. The largest absolute Gasteiger partial charge is 0.508 e. The van der Waals surface area contributed by atoms with Crippen LogP contribution >= 0.6 is 11.6 Å². The predicted molar refractivity (Wildman–Crippen MR) is 89.1 cm³/mol. The Morgan fingerprint density at radius 1 is 1.35 bits per heavy atom. The Balaban J connectivity index is 2.01. The average molecular weight is 332 g/mol. The highest BCUT2D eigenvalue weighted by Crippen LogP contribution is 2.44. The van der Waals surface area contributed by atoms with Crippen LogP contribution in [0.25, 0.3) is 0 Å². The minimum absolute atomic E-state index is 0.149. The maximum absolute atomic E-state index is 11.7. The molecular weight excluding hydrogens is 314 g/mol. The smallest absolute Gasteiger partial charge is 0.252 e. The number of halogens is 1. The number of hydrogen-bond donors (Lipinski definition) is 2. The third kappa shape index (κ3) is 2.86. The van der Waals surface area contributed by atoms with E-state index in [4.69, 9.17) is 22.1 Å². The minimum Gasteiger partial charge on any atom is -0.508 e. The molecule has 2 aromatic rings. The lowest BCUT2D eigenvalue weighted by atomic mass is 10.0. The Morgan fingerprint density at radius 2 is 2.09 bits per heavy atom. The molecule has 120 valence electrons. The van der Waals surface area contributed by atoms with Crippen molar-refractivity contribution < 1.29 is 14.6 Å². The predicted octanol–water partition coefficient (Wildman–Crippen LogP) is 3.77. The molecule has 3 rings (SSSR count). The summed E-state index contributed by atoms with van der Waals surface area (Å²) in [6.45, 7) is 3.93. The third-order valence-corrected chi connectivity index (χ3v) is 4.45. The lowest BCUT2D eigenvalue weighted by Crippen LogP contribution is -2.17. The zero-order valence-electron chi connectivity index (χ0n) is 13.0. The van der Waals surface area contributed by atoms with Gasteiger partial charge in [-0.1, -0.05) is 30.2 Å². The van der Waals surface area contributed by atoms with E-state index in [9.17, 15) is 9.90 Å². The van der Waals surface area contributed by atoms with E-state index in [0.717, 1.165) is 16.7 Å². The number of carbonyl (C=O) groups is 1. The summed E-state index contributed by atoms with van der Waals surface area (Å²) in [6, 6.07) is 8.69. The minimum atomic E-state index is -0.525. The van der Waals surface area contributed by atoms with E-state index in [1.807, 2.05) is 26.0 Å². The standard InChI is InChI=1S/C18H18ClNO3/c1-9-3-4-16(14(5-9)18(20)22)23-17-10(2)6-12-13(17)7-11(19)8-15(12)21/h3-5,7-8,10,17,21H,6H2,1-2H3,(H2,20,22)/t10?,17-/m1/s1. The number of phenols is 1. The van der Waals surface area contributed by atoms with Gasteiger partial charge >= 0.3 is 0 Å². The van der Waals surface area contributed by atoms with Gasteiger partial charge < -0.3 is 15.6 Å². The zero-order chi connectivity index (χ0) is 16.7. The summed E-state index contributed by atoms with van der Waals surface area (Å²) in [5.41, 5.74) is 8.46. The first-order chi connectivity index (χ1) is 10.9. The molecule has 0 heterocycles. The van der Waals surface area contributed by atoms with Crippen molar-refractivity contribution in [1.29, 1.82) is 0 Å². The molecule has 0 spiro atoms. The van der Waals surface area contributed by atoms with Crippen molar-refractivity contribution in [1.82, 2.24) is 0 Å². The van der Waals surface area contributed by atoms with Crippen molar-refractivity contribution in [3.63, 3.8) is 0 Å². The molecule has 2 atom stereocenters. The second-order valence-electron chi connectivity index (χ2n) is 6.08. The number of hydrogen-bond acceptors (Lipinski definition) is 3. The SMILES string of the molecule is Cc1ccc(O[C@H]2c3cc(Cl)cc(O)c3CC2C)c(C(N)=O)c1. The van der Waals surface area contributed by atoms with Crippen LogP contribution in [0.15, 0.2) is 30.3 Å². The van der Waals surface area contributed by atoms with Crippen molar-refractivity contribution in [2.75, 3.05) is 0 Å². The third-order valence-electron chi connectivity index (χ3n) is 4.23. The molecule has 1 aliphatic rings. The van der Waals surface area contributed by atoms with E-state index in [-0.39, 0.29) is 17.8 Å². The Labute approximate surface area is 139 Å². The first-order valence-electron chi connectivity index (χ1n) is 7.45. The molecule has 4 nitrogen and oxygen atoms in total. The number of carbonyl (C=O) groups excluding carboxylic acids is 1. The van der Waals surface area contributed by atoms with E-state index in [0.29, 0.717) is 22.8 Å². The number of benzene rings is 2. The number of rotatable bonds is 3. The molecule has 0 aromatic heterocycles. The van der Waals surface area contributed by atoms with Gasteiger partial charge in [-0.25, -0.2) is 0 Å². The average Bonchev–Trinajstić information content (AvgIpc) is 2.78. The molecule has 2 aromatic carbocycles. The Bertz CT molecular complexity index is 788. The van der Waals surface area contributed by atoms with Gasteiger partial charge in [0.1, 0.15) is 17.6 Å². The van der Waals surface area contributed by atoms with Crippen LogP contribution in [0.1, 0.15) is 40.1 Å². The van der Waals surface area contributed by atoms with Crippen LogP contribution < -0.4 is 10.5 Å². The molecule has 23 heavy (non-hydrogen) atoms. The number of ether oxygens (including phenoxy) is 1. The lowest BCUT2D eigenvalue weighted by molar-refractivity contribution is 0.0987. The van der Waals surface area contributed by atoms with Gasteiger partial charge in [0.25, 0.3) is 5.91 Å². The number of aryl methyl sites for hydroxylation is 1. The van der Waals surface area contributed by atoms with E-state index >= 15 is 0 Å². The van der Waals surface area contributed by atoms with E-state index in [2.05, 4.69) is 0 Å². The summed E-state index contributed by atoms with van der Waals surface area (Å²) in [7, 11) is 0. The van der Waals surface area contributed by atoms with Crippen LogP contribution in [0, 0.1) is 12.8 Å². The first kappa shape index (κ1) is 15.7. The summed E-state index contributed by atoms with van der Waals surface area (Å²) < 4.78 is 6.10. The highest BCUT2D eigenvalue weighted by molar-refractivity contribution is 6.30. The van der Waals surface area contributed by atoms with Gasteiger partial charge in [0.05, 0.1) is 5.56 Å². The first-order valence-corrected chi connectivity index (χ1v) is 7.83. The lowest BCUT2D eigenvalue weighted by Gasteiger charge is -2.21. The monoisotopic (exact) mass is 331 g/mol. The van der Waals surface area contributed by atoms with Crippen LogP contribution in [0.5, 0.6) is 11.5 Å². The molecule has 1 aliphatic carbocycles. The highest BCUT2D eigenvalue weighted by atomic mass is 35.5. The molecular formula is C18H18ClNO3. The molecule has 3 N–H and O–H groups in total. The molecule has 0 bridgehead atoms. The highest BCUT2D eigenvalue weighted by Gasteiger charge is 2.34. The number of aromatic hydroxyl groups is 1. The molecule has 5 heteroatoms. The van der Waals surface area contributed by atoms with Gasteiger partial charge in [0, 0.05) is 22.1 Å². The summed E-state index contributed by atoms with van der Waals surface area (Å²) >= 11 is 6.06. The van der Waals surface area contributed by atoms with Crippen molar-refractivity contribution >= 4 is 17.5 Å². The van der Waals surface area contributed by atoms with Gasteiger partial charge in [-0.3, -0.25) is 4.79 Å². The molecule has 0 saturated carbocycles. The Kier molecular flexibility index (Phi) is 3.94. The van der Waals surface area contributed by atoms with Crippen molar-refractivity contribution in [2.24, 2.45) is 11.7 Å². The molecule has 0 saturated heterocycles. The number of amides is 1. The van der Waals surface area contributed by atoms with Crippen molar-refractivity contribution in [3.05, 3.63) is 57.6 Å². The van der Waals surface area contributed by atoms with Gasteiger partial charge in [-0.15, -0.1) is 0 Å². The van der Waals surface area contributed by atoms with Crippen molar-refractivity contribution in [3.8, 4) is 11.5 Å². The summed E-state index contributed by atoms with van der Waals surface area (Å²) in [4.78, 5) is 11.7. The van der Waals surface area contributed by atoms with E-state index in [1.54, 1.807) is 12.1 Å². The molecule has 1 unspecified atom stereocenters. The number of nitrogens with two attached hydrogens (primary N) is 1. The summed E-state index contributed by atoms with van der Waals surface area (Å²) in [5, 5.41) is 10.5. The molecule has 0 aliphatic heterocycles. The van der Waals surface area contributed by atoms with Crippen LogP contribution in [-0.4, -0.2) is 11.0 Å². The van der Waals surface area contributed by atoms with Crippen LogP contribution in [0.2, 0.25) is 5.02 Å². The number of fused-ring (bicyclic) bond motifs is 1. The fourth-order valence-electron chi connectivity index (χ4n) is 3.11. The molecule has 0 fully saturated rings. The van der Waals surface area contributed by atoms with Gasteiger partial charge in [0.15, 0.2) is 0 Å². The van der Waals surface area contributed by atoms with Crippen molar-refractivity contribution in [2.45, 2.75) is 26.4 Å². The van der Waals surface area contributed by atoms with Crippen LogP contribution in [0.3, 0.4) is 0 Å². The fraction of sp³-hybridized carbons (Fsp3) is 0.278. The van der Waals surface area contributed by atoms with Crippen LogP contribution in [-0.2, 0) is 6.42 Å². The van der Waals surface area contributed by atoms with Gasteiger partial charge in [-0.05, 0) is 37.6 Å². The quantitative estimate of drug-likeness (QED) is 0.899. The number of primary amides is 1. The van der Waals surface area contributed by atoms with E-state index in [1.165, 1.54) is 6.07 Å². The zero-order valence-corrected chi connectivity index (χ0v) is 13.7. The maximum Gasteiger partial charge on any atom is 0.252 e. The molecule has 0 radical (unpaired) electrons. The second kappa shape index (κ2) is 5.78. The van der Waals surface area contributed by atoms with Crippen LogP contribution in [0.4, 0.5) is 0 Å². The topological polar surface area (TPSA) is 72.6 Å². The maximum atomic E-state index is 11.7. The molecule has 1 amide bonds. The van der Waals surface area contributed by atoms with E-state index < -0.39 is 5.91 Å². The normalized spacial score (nSPS) is 19.4. The fourth-order valence-corrected chi connectivity index (χ4v) is 3.33. The summed E-state index contributed by atoms with van der Waals surface area (Å²) in [5.74, 6) is 0.261. The second-order valence-corrected chi connectivity index (χ2v) is 6.51. The summed E-state index contributed by atoms with van der Waals surface area (Å²) in [6.07, 6.45) is 0.413. The van der Waals surface area contributed by atoms with Gasteiger partial charge in [-0.2, -0.15) is 0 Å².